The largest absolute Gasteiger partial charge is 0.497 e. The Kier molecular flexibility index (Phi) is 5.56. The van der Waals surface area contributed by atoms with Gasteiger partial charge in [-0.3, -0.25) is 14.8 Å². The highest BCUT2D eigenvalue weighted by Crippen LogP contribution is 2.31. The number of sulfone groups is 1. The van der Waals surface area contributed by atoms with Gasteiger partial charge in [0.05, 0.1) is 30.4 Å². The van der Waals surface area contributed by atoms with Gasteiger partial charge in [0.15, 0.2) is 15.5 Å². The van der Waals surface area contributed by atoms with Crippen molar-refractivity contribution in [1.82, 2.24) is 20.0 Å². The number of ether oxygens (including phenoxy) is 1. The summed E-state index contributed by atoms with van der Waals surface area (Å²) in [7, 11) is -1.53. The number of rotatable bonds is 6. The number of carbonyl (C=O) groups excluding carboxylic acids is 1. The van der Waals surface area contributed by atoms with Crippen LogP contribution in [-0.2, 0) is 16.3 Å². The number of anilines is 1. The van der Waals surface area contributed by atoms with E-state index in [-0.39, 0.29) is 23.2 Å². The maximum atomic E-state index is 12.8. The van der Waals surface area contributed by atoms with Gasteiger partial charge in [0.25, 0.3) is 5.91 Å². The lowest BCUT2D eigenvalue weighted by Crippen LogP contribution is -2.16. The Morgan fingerprint density at radius 3 is 2.67 bits per heavy atom. The van der Waals surface area contributed by atoms with Crippen molar-refractivity contribution in [2.24, 2.45) is 0 Å². The molecular formula is C19H21N5O4S2. The van der Waals surface area contributed by atoms with E-state index in [0.717, 1.165) is 17.0 Å². The number of hydrogen-bond donors (Lipinski definition) is 1. The average molecular weight is 448 g/mol. The third kappa shape index (κ3) is 4.21. The SMILES string of the molecule is CCc1nnc(NC(=O)c2cc(-c3ccc(OC)cc3)n([C@H]3CCS(=O)(=O)C3)n2)s1. The van der Waals surface area contributed by atoms with Gasteiger partial charge in [0, 0.05) is 5.56 Å². The summed E-state index contributed by atoms with van der Waals surface area (Å²) in [6.07, 6.45) is 1.20. The minimum Gasteiger partial charge on any atom is -0.497 e. The molecule has 158 valence electrons. The van der Waals surface area contributed by atoms with Gasteiger partial charge in [-0.05, 0) is 43.2 Å². The Morgan fingerprint density at radius 2 is 2.07 bits per heavy atom. The number of nitrogens with one attached hydrogen (secondary N) is 1. The Balaban J connectivity index is 1.68. The highest BCUT2D eigenvalue weighted by atomic mass is 32.2. The van der Waals surface area contributed by atoms with Crippen LogP contribution in [0.4, 0.5) is 5.13 Å². The molecule has 0 spiro atoms. The fraction of sp³-hybridized carbons (Fsp3) is 0.368. The topological polar surface area (TPSA) is 116 Å². The molecule has 1 atom stereocenters. The number of benzene rings is 1. The Bertz CT molecular complexity index is 1170. The van der Waals surface area contributed by atoms with Gasteiger partial charge in [-0.2, -0.15) is 5.10 Å². The molecule has 0 aliphatic carbocycles. The second-order valence-electron chi connectivity index (χ2n) is 6.95. The van der Waals surface area contributed by atoms with E-state index in [1.165, 1.54) is 11.3 Å². The van der Waals surface area contributed by atoms with Gasteiger partial charge in [-0.25, -0.2) is 8.42 Å². The van der Waals surface area contributed by atoms with E-state index >= 15 is 0 Å². The van der Waals surface area contributed by atoms with Gasteiger partial charge in [0.1, 0.15) is 10.8 Å². The zero-order chi connectivity index (χ0) is 21.3. The zero-order valence-corrected chi connectivity index (χ0v) is 18.2. The van der Waals surface area contributed by atoms with Crippen molar-refractivity contribution in [3.8, 4) is 17.0 Å². The molecule has 0 unspecified atom stereocenters. The Morgan fingerprint density at radius 1 is 1.30 bits per heavy atom. The molecule has 0 radical (unpaired) electrons. The molecule has 3 heterocycles. The van der Waals surface area contributed by atoms with Crippen molar-refractivity contribution in [3.05, 3.63) is 41.0 Å². The molecule has 2 aromatic heterocycles. The minimum atomic E-state index is -3.11. The van der Waals surface area contributed by atoms with Crippen molar-refractivity contribution < 1.29 is 17.9 Å². The monoisotopic (exact) mass is 447 g/mol. The third-order valence-electron chi connectivity index (χ3n) is 4.90. The van der Waals surface area contributed by atoms with Crippen LogP contribution in [0, 0.1) is 0 Å². The van der Waals surface area contributed by atoms with Crippen LogP contribution in [0.1, 0.15) is 34.9 Å². The van der Waals surface area contributed by atoms with E-state index in [1.54, 1.807) is 17.9 Å². The summed E-state index contributed by atoms with van der Waals surface area (Å²) < 4.78 is 30.9. The molecule has 3 aromatic rings. The molecule has 1 saturated heterocycles. The number of nitrogens with zero attached hydrogens (tertiary/aromatic N) is 4. The number of aryl methyl sites for hydroxylation is 1. The molecule has 1 aromatic carbocycles. The maximum absolute atomic E-state index is 12.8. The van der Waals surface area contributed by atoms with Crippen molar-refractivity contribution in [1.29, 1.82) is 0 Å². The Labute approximate surface area is 178 Å². The quantitative estimate of drug-likeness (QED) is 0.617. The smallest absolute Gasteiger partial charge is 0.278 e. The van der Waals surface area contributed by atoms with Crippen molar-refractivity contribution in [2.45, 2.75) is 25.8 Å². The van der Waals surface area contributed by atoms with Gasteiger partial charge in [0.2, 0.25) is 5.13 Å². The number of amides is 1. The van der Waals surface area contributed by atoms with Crippen LogP contribution in [0.25, 0.3) is 11.3 Å². The Hall–Kier alpha value is -2.79. The molecule has 0 bridgehead atoms. The molecule has 30 heavy (non-hydrogen) atoms. The van der Waals surface area contributed by atoms with Crippen molar-refractivity contribution in [3.63, 3.8) is 0 Å². The highest BCUT2D eigenvalue weighted by molar-refractivity contribution is 7.91. The first kappa shape index (κ1) is 20.5. The van der Waals surface area contributed by atoms with E-state index in [0.29, 0.717) is 23.0 Å². The molecule has 1 aliphatic rings. The molecule has 1 aliphatic heterocycles. The summed E-state index contributed by atoms with van der Waals surface area (Å²) in [6.45, 7) is 1.96. The number of carbonyl (C=O) groups is 1. The highest BCUT2D eigenvalue weighted by Gasteiger charge is 2.32. The summed E-state index contributed by atoms with van der Waals surface area (Å²) in [6, 6.07) is 8.69. The second kappa shape index (κ2) is 8.15. The third-order valence-corrected chi connectivity index (χ3v) is 7.63. The minimum absolute atomic E-state index is 0.00908. The lowest BCUT2D eigenvalue weighted by atomic mass is 10.1. The molecule has 1 N–H and O–H groups in total. The summed E-state index contributed by atoms with van der Waals surface area (Å²) in [5.74, 6) is 0.415. The van der Waals surface area contributed by atoms with Crippen LogP contribution in [0.5, 0.6) is 5.75 Å². The molecular weight excluding hydrogens is 426 g/mol. The van der Waals surface area contributed by atoms with Gasteiger partial charge < -0.3 is 4.74 Å². The van der Waals surface area contributed by atoms with Gasteiger partial charge in [-0.15, -0.1) is 10.2 Å². The van der Waals surface area contributed by atoms with Crippen LogP contribution in [0.3, 0.4) is 0 Å². The molecule has 9 nitrogen and oxygen atoms in total. The van der Waals surface area contributed by atoms with Gasteiger partial charge in [-0.1, -0.05) is 18.3 Å². The predicted molar refractivity (Wildman–Crippen MR) is 114 cm³/mol. The number of aromatic nitrogens is 4. The molecule has 0 saturated carbocycles. The summed E-state index contributed by atoms with van der Waals surface area (Å²) >= 11 is 1.31. The zero-order valence-electron chi connectivity index (χ0n) is 16.5. The van der Waals surface area contributed by atoms with Crippen LogP contribution in [0.15, 0.2) is 30.3 Å². The predicted octanol–water partition coefficient (Wildman–Crippen LogP) is 2.58. The number of hydrogen-bond acceptors (Lipinski definition) is 8. The van der Waals surface area contributed by atoms with E-state index < -0.39 is 15.7 Å². The molecule has 4 rings (SSSR count). The lowest BCUT2D eigenvalue weighted by molar-refractivity contribution is 0.102. The second-order valence-corrected chi connectivity index (χ2v) is 10.2. The van der Waals surface area contributed by atoms with E-state index in [4.69, 9.17) is 4.74 Å². The van der Waals surface area contributed by atoms with E-state index in [2.05, 4.69) is 20.6 Å². The molecule has 1 amide bonds. The first-order valence-corrected chi connectivity index (χ1v) is 12.1. The van der Waals surface area contributed by atoms with Crippen LogP contribution in [0.2, 0.25) is 0 Å². The van der Waals surface area contributed by atoms with E-state index in [9.17, 15) is 13.2 Å². The first-order valence-electron chi connectivity index (χ1n) is 9.46. The summed E-state index contributed by atoms with van der Waals surface area (Å²) in [5, 5.41) is 16.4. The normalized spacial score (nSPS) is 17.7. The van der Waals surface area contributed by atoms with E-state index in [1.807, 2.05) is 31.2 Å². The van der Waals surface area contributed by atoms with Crippen LogP contribution < -0.4 is 10.1 Å². The van der Waals surface area contributed by atoms with Crippen LogP contribution >= 0.6 is 11.3 Å². The summed E-state index contributed by atoms with van der Waals surface area (Å²) in [4.78, 5) is 12.8. The fourth-order valence-electron chi connectivity index (χ4n) is 3.34. The average Bonchev–Trinajstić information content (AvgIpc) is 3.46. The molecule has 1 fully saturated rings. The van der Waals surface area contributed by atoms with Crippen LogP contribution in [-0.4, -0.2) is 52.9 Å². The van der Waals surface area contributed by atoms with Crippen molar-refractivity contribution in [2.75, 3.05) is 23.9 Å². The fourth-order valence-corrected chi connectivity index (χ4v) is 5.70. The molecule has 11 heteroatoms. The van der Waals surface area contributed by atoms with Crippen molar-refractivity contribution >= 4 is 32.2 Å². The maximum Gasteiger partial charge on any atom is 0.278 e. The van der Waals surface area contributed by atoms with Gasteiger partial charge >= 0.3 is 0 Å². The summed E-state index contributed by atoms with van der Waals surface area (Å²) in [5.41, 5.74) is 1.69. The lowest BCUT2D eigenvalue weighted by Gasteiger charge is -2.13. The first-order chi connectivity index (χ1) is 14.4. The standard InChI is InChI=1S/C19H21N5O4S2/c1-3-17-21-22-19(29-17)20-18(25)15-10-16(12-4-6-14(28-2)7-5-12)24(23-15)13-8-9-30(26,27)11-13/h4-7,10,13H,3,8-9,11H2,1-2H3,(H,20,22,25)/t13-/m0/s1. The number of methoxy groups -OCH3 is 1.